The van der Waals surface area contributed by atoms with E-state index in [0.29, 0.717) is 24.0 Å². The van der Waals surface area contributed by atoms with Gasteiger partial charge in [0, 0.05) is 19.1 Å². The van der Waals surface area contributed by atoms with Crippen LogP contribution < -0.4 is 0 Å². The van der Waals surface area contributed by atoms with Crippen molar-refractivity contribution in [3.05, 3.63) is 12.2 Å². The molecule has 0 aromatic rings. The van der Waals surface area contributed by atoms with E-state index in [0.717, 1.165) is 32.5 Å². The SMILES string of the molecule is CCOC[C@@H]1[C@H](CC=CCCC(C)(C)CO)[C@@H]2CC[C@H]1O2. The lowest BCUT2D eigenvalue weighted by Crippen LogP contribution is -2.30. The highest BCUT2D eigenvalue weighted by Gasteiger charge is 2.47. The molecule has 122 valence electrons. The van der Waals surface area contributed by atoms with Crippen molar-refractivity contribution in [3.63, 3.8) is 0 Å². The number of aliphatic hydroxyl groups is 1. The van der Waals surface area contributed by atoms with Crippen LogP contribution in [0.4, 0.5) is 0 Å². The lowest BCUT2D eigenvalue weighted by molar-refractivity contribution is 0.0543. The molecule has 21 heavy (non-hydrogen) atoms. The molecule has 2 heterocycles. The first-order valence-corrected chi connectivity index (χ1v) is 8.56. The van der Waals surface area contributed by atoms with Crippen molar-refractivity contribution >= 4 is 0 Å². The van der Waals surface area contributed by atoms with Crippen molar-refractivity contribution in [1.29, 1.82) is 0 Å². The zero-order chi connectivity index (χ0) is 15.3. The Hall–Kier alpha value is -0.380. The van der Waals surface area contributed by atoms with Crippen molar-refractivity contribution < 1.29 is 14.6 Å². The van der Waals surface area contributed by atoms with Gasteiger partial charge in [-0.2, -0.15) is 0 Å². The summed E-state index contributed by atoms with van der Waals surface area (Å²) in [6, 6.07) is 0. The third-order valence-electron chi connectivity index (χ3n) is 5.10. The monoisotopic (exact) mass is 296 g/mol. The van der Waals surface area contributed by atoms with E-state index in [-0.39, 0.29) is 12.0 Å². The van der Waals surface area contributed by atoms with Crippen LogP contribution in [-0.4, -0.2) is 37.1 Å². The Morgan fingerprint density at radius 2 is 1.90 bits per heavy atom. The molecule has 1 N–H and O–H groups in total. The average Bonchev–Trinajstić information content (AvgIpc) is 3.06. The number of aliphatic hydroxyl groups excluding tert-OH is 1. The Morgan fingerprint density at radius 1 is 1.19 bits per heavy atom. The van der Waals surface area contributed by atoms with Gasteiger partial charge in [0.1, 0.15) is 0 Å². The molecule has 0 saturated carbocycles. The Bertz CT molecular complexity index is 337. The third kappa shape index (κ3) is 4.54. The van der Waals surface area contributed by atoms with Crippen LogP contribution in [0.2, 0.25) is 0 Å². The summed E-state index contributed by atoms with van der Waals surface area (Å²) in [6.45, 7) is 8.20. The predicted octanol–water partition coefficient (Wildman–Crippen LogP) is 3.56. The van der Waals surface area contributed by atoms with E-state index >= 15 is 0 Å². The largest absolute Gasteiger partial charge is 0.396 e. The first-order chi connectivity index (χ1) is 10.1. The zero-order valence-electron chi connectivity index (χ0n) is 13.9. The summed E-state index contributed by atoms with van der Waals surface area (Å²) in [5.74, 6) is 1.22. The van der Waals surface area contributed by atoms with Gasteiger partial charge >= 0.3 is 0 Å². The van der Waals surface area contributed by atoms with Crippen LogP contribution in [-0.2, 0) is 9.47 Å². The molecular formula is C18H32O3. The predicted molar refractivity (Wildman–Crippen MR) is 85.2 cm³/mol. The van der Waals surface area contributed by atoms with Crippen LogP contribution in [0.3, 0.4) is 0 Å². The van der Waals surface area contributed by atoms with Gasteiger partial charge < -0.3 is 14.6 Å². The number of allylic oxidation sites excluding steroid dienone is 2. The summed E-state index contributed by atoms with van der Waals surface area (Å²) >= 11 is 0. The van der Waals surface area contributed by atoms with Crippen molar-refractivity contribution in [2.24, 2.45) is 17.3 Å². The lowest BCUT2D eigenvalue weighted by Gasteiger charge is -2.26. The maximum atomic E-state index is 9.26. The summed E-state index contributed by atoms with van der Waals surface area (Å²) < 4.78 is 11.7. The number of rotatable bonds is 9. The minimum Gasteiger partial charge on any atom is -0.396 e. The molecule has 2 rings (SSSR count). The molecule has 3 heteroatoms. The Labute approximate surface area is 129 Å². The second-order valence-electron chi connectivity index (χ2n) is 7.35. The second-order valence-corrected chi connectivity index (χ2v) is 7.35. The van der Waals surface area contributed by atoms with E-state index in [1.165, 1.54) is 12.8 Å². The van der Waals surface area contributed by atoms with Gasteiger partial charge in [-0.15, -0.1) is 0 Å². The van der Waals surface area contributed by atoms with Crippen molar-refractivity contribution in [2.75, 3.05) is 19.8 Å². The van der Waals surface area contributed by atoms with Crippen molar-refractivity contribution in [3.8, 4) is 0 Å². The molecule has 0 amide bonds. The van der Waals surface area contributed by atoms with Gasteiger partial charge in [0.25, 0.3) is 0 Å². The molecule has 0 aromatic heterocycles. The summed E-state index contributed by atoms with van der Waals surface area (Å²) in [7, 11) is 0. The molecule has 0 unspecified atom stereocenters. The van der Waals surface area contributed by atoms with Crippen LogP contribution in [0.5, 0.6) is 0 Å². The zero-order valence-corrected chi connectivity index (χ0v) is 13.9. The Balaban J connectivity index is 1.76. The van der Waals surface area contributed by atoms with E-state index in [1.54, 1.807) is 0 Å². The van der Waals surface area contributed by atoms with E-state index in [9.17, 15) is 5.11 Å². The van der Waals surface area contributed by atoms with Crippen LogP contribution >= 0.6 is 0 Å². The molecule has 4 atom stereocenters. The normalized spacial score (nSPS) is 32.4. The maximum absolute atomic E-state index is 9.26. The van der Waals surface area contributed by atoms with Crippen LogP contribution in [0.1, 0.15) is 52.9 Å². The summed E-state index contributed by atoms with van der Waals surface area (Å²) in [6.07, 6.45) is 11.1. The molecule has 0 radical (unpaired) electrons. The molecule has 3 nitrogen and oxygen atoms in total. The minimum atomic E-state index is 0.0391. The lowest BCUT2D eigenvalue weighted by atomic mass is 9.78. The first kappa shape index (κ1) is 17.0. The van der Waals surface area contributed by atoms with Crippen LogP contribution in [0.25, 0.3) is 0 Å². The van der Waals surface area contributed by atoms with Gasteiger partial charge in [-0.1, -0.05) is 26.0 Å². The highest BCUT2D eigenvalue weighted by molar-refractivity contribution is 4.99. The number of ether oxygens (including phenoxy) is 2. The first-order valence-electron chi connectivity index (χ1n) is 8.56. The van der Waals surface area contributed by atoms with E-state index in [4.69, 9.17) is 9.47 Å². The van der Waals surface area contributed by atoms with Gasteiger partial charge in [-0.25, -0.2) is 0 Å². The van der Waals surface area contributed by atoms with Gasteiger partial charge in [0.15, 0.2) is 0 Å². The molecular weight excluding hydrogens is 264 g/mol. The number of hydrogen-bond acceptors (Lipinski definition) is 3. The van der Waals surface area contributed by atoms with Crippen molar-refractivity contribution in [2.45, 2.75) is 65.1 Å². The highest BCUT2D eigenvalue weighted by Crippen LogP contribution is 2.45. The van der Waals surface area contributed by atoms with Gasteiger partial charge in [0.2, 0.25) is 0 Å². The molecule has 0 spiro atoms. The number of fused-ring (bicyclic) bond motifs is 2. The molecule has 2 aliphatic rings. The van der Waals surface area contributed by atoms with Gasteiger partial charge in [-0.05, 0) is 50.4 Å². The molecule has 2 bridgehead atoms. The number of hydrogen-bond donors (Lipinski definition) is 1. The van der Waals surface area contributed by atoms with E-state index in [2.05, 4.69) is 32.9 Å². The Kier molecular flexibility index (Phi) is 6.27. The highest BCUT2D eigenvalue weighted by atomic mass is 16.5. The molecule has 2 saturated heterocycles. The standard InChI is InChI=1S/C18H32O3/c1-4-20-12-15-14(16-9-10-17(15)21-16)8-6-5-7-11-18(2,3)13-19/h5-6,14-17,19H,4,7-13H2,1-3H3/t14-,15+,16-,17+/m0/s1. The molecule has 2 aliphatic heterocycles. The van der Waals surface area contributed by atoms with Gasteiger partial charge in [0.05, 0.1) is 18.8 Å². The van der Waals surface area contributed by atoms with Crippen LogP contribution in [0.15, 0.2) is 12.2 Å². The topological polar surface area (TPSA) is 38.7 Å². The summed E-state index contributed by atoms with van der Waals surface area (Å²) in [5, 5.41) is 9.26. The van der Waals surface area contributed by atoms with E-state index in [1.807, 2.05) is 0 Å². The molecule has 0 aromatic carbocycles. The van der Waals surface area contributed by atoms with E-state index < -0.39 is 0 Å². The molecule has 0 aliphatic carbocycles. The summed E-state index contributed by atoms with van der Waals surface area (Å²) in [5.41, 5.74) is 0.0391. The maximum Gasteiger partial charge on any atom is 0.0633 e. The fourth-order valence-electron chi connectivity index (χ4n) is 3.61. The fourth-order valence-corrected chi connectivity index (χ4v) is 3.61. The summed E-state index contributed by atoms with van der Waals surface area (Å²) in [4.78, 5) is 0. The average molecular weight is 296 g/mol. The smallest absolute Gasteiger partial charge is 0.0633 e. The third-order valence-corrected chi connectivity index (χ3v) is 5.10. The quantitative estimate of drug-likeness (QED) is 0.661. The van der Waals surface area contributed by atoms with Gasteiger partial charge in [-0.3, -0.25) is 0 Å². The Morgan fingerprint density at radius 3 is 2.57 bits per heavy atom. The fraction of sp³-hybridized carbons (Fsp3) is 0.889. The van der Waals surface area contributed by atoms with Crippen molar-refractivity contribution in [1.82, 2.24) is 0 Å². The second kappa shape index (κ2) is 7.75. The molecule has 2 fully saturated rings. The minimum absolute atomic E-state index is 0.0391. The van der Waals surface area contributed by atoms with Crippen LogP contribution in [0, 0.1) is 17.3 Å².